The molecule has 2 atom stereocenters. The fraction of sp³-hybridized carbons (Fsp3) is 0.964. The summed E-state index contributed by atoms with van der Waals surface area (Å²) in [5.41, 5.74) is 0. The van der Waals surface area contributed by atoms with E-state index in [2.05, 4.69) is 51.5 Å². The SMILES string of the molecule is CCCCCCCCCN(CCCN(C)CCO)C(CCCCCCCCC(=O)OCC(CCCC)CCCC)CCCCCCCCC(=O)OCC(CCCC)CCCCCC. The molecule has 7 heteroatoms. The lowest BCUT2D eigenvalue weighted by Crippen LogP contribution is -2.38. The van der Waals surface area contributed by atoms with E-state index < -0.39 is 0 Å². The van der Waals surface area contributed by atoms with Gasteiger partial charge in [-0.05, 0) is 103 Å². The highest BCUT2D eigenvalue weighted by Gasteiger charge is 2.19. The Kier molecular flexibility index (Phi) is 47.8. The monoisotopic (exact) mass is 893 g/mol. The van der Waals surface area contributed by atoms with Crippen LogP contribution in [0.15, 0.2) is 0 Å². The van der Waals surface area contributed by atoms with Gasteiger partial charge in [-0.1, -0.05) is 202 Å². The molecule has 0 aromatic carbocycles. The number of nitrogens with zero attached hydrogens (tertiary/aromatic N) is 2. The summed E-state index contributed by atoms with van der Waals surface area (Å²) in [6.07, 6.45) is 45.8. The summed E-state index contributed by atoms with van der Waals surface area (Å²) in [6.45, 7) is 16.9. The number of ether oxygens (including phenoxy) is 2. The molecule has 0 aliphatic heterocycles. The lowest BCUT2D eigenvalue weighted by atomic mass is 9.96. The van der Waals surface area contributed by atoms with Crippen LogP contribution >= 0.6 is 0 Å². The number of aliphatic hydroxyl groups excluding tert-OH is 1. The predicted octanol–water partition coefficient (Wildman–Crippen LogP) is 15.8. The van der Waals surface area contributed by atoms with Crippen LogP contribution in [-0.4, -0.2) is 85.9 Å². The number of aliphatic hydroxyl groups is 1. The van der Waals surface area contributed by atoms with Crippen molar-refractivity contribution in [3.05, 3.63) is 0 Å². The Bertz CT molecular complexity index is 941. The van der Waals surface area contributed by atoms with Crippen LogP contribution in [0.5, 0.6) is 0 Å². The van der Waals surface area contributed by atoms with Crippen LogP contribution in [0.4, 0.5) is 0 Å². The topological polar surface area (TPSA) is 79.3 Å². The van der Waals surface area contributed by atoms with Crippen molar-refractivity contribution in [2.45, 2.75) is 285 Å². The van der Waals surface area contributed by atoms with E-state index >= 15 is 0 Å². The van der Waals surface area contributed by atoms with E-state index in [1.54, 1.807) is 0 Å². The quantitative estimate of drug-likeness (QED) is 0.0481. The molecule has 0 bridgehead atoms. The summed E-state index contributed by atoms with van der Waals surface area (Å²) in [4.78, 5) is 30.3. The van der Waals surface area contributed by atoms with Gasteiger partial charge in [0.25, 0.3) is 0 Å². The molecule has 0 amide bonds. The third kappa shape index (κ3) is 42.0. The van der Waals surface area contributed by atoms with Crippen molar-refractivity contribution >= 4 is 11.9 Å². The number of hydrogen-bond acceptors (Lipinski definition) is 7. The molecule has 1 N–H and O–H groups in total. The lowest BCUT2D eigenvalue weighted by Gasteiger charge is -2.33. The minimum absolute atomic E-state index is 0.00834. The smallest absolute Gasteiger partial charge is 0.305 e. The first kappa shape index (κ1) is 61.8. The van der Waals surface area contributed by atoms with Crippen LogP contribution < -0.4 is 0 Å². The Morgan fingerprint density at radius 2 is 0.746 bits per heavy atom. The van der Waals surface area contributed by atoms with E-state index in [1.807, 2.05) is 0 Å². The first-order valence-electron chi connectivity index (χ1n) is 28.2. The number of rotatable bonds is 51. The van der Waals surface area contributed by atoms with E-state index in [4.69, 9.17) is 9.47 Å². The summed E-state index contributed by atoms with van der Waals surface area (Å²) in [6, 6.07) is 0.643. The molecule has 376 valence electrons. The fourth-order valence-corrected chi connectivity index (χ4v) is 9.32. The summed E-state index contributed by atoms with van der Waals surface area (Å²) in [5, 5.41) is 9.47. The molecule has 0 fully saturated rings. The summed E-state index contributed by atoms with van der Waals surface area (Å²) in [7, 11) is 2.14. The average molecular weight is 894 g/mol. The van der Waals surface area contributed by atoms with Crippen molar-refractivity contribution in [3.63, 3.8) is 0 Å². The Morgan fingerprint density at radius 1 is 0.397 bits per heavy atom. The molecular weight excluding hydrogens is 781 g/mol. The van der Waals surface area contributed by atoms with E-state index in [9.17, 15) is 14.7 Å². The Labute approximate surface area is 394 Å². The summed E-state index contributed by atoms with van der Waals surface area (Å²) < 4.78 is 11.5. The van der Waals surface area contributed by atoms with Gasteiger partial charge in [0.1, 0.15) is 0 Å². The summed E-state index contributed by atoms with van der Waals surface area (Å²) in [5.74, 6) is 1.10. The Morgan fingerprint density at radius 3 is 1.19 bits per heavy atom. The van der Waals surface area contributed by atoms with Crippen molar-refractivity contribution in [3.8, 4) is 0 Å². The first-order chi connectivity index (χ1) is 30.8. The molecule has 0 radical (unpaired) electrons. The molecule has 0 heterocycles. The van der Waals surface area contributed by atoms with E-state index in [-0.39, 0.29) is 18.5 Å². The van der Waals surface area contributed by atoms with Gasteiger partial charge in [-0.2, -0.15) is 0 Å². The highest BCUT2D eigenvalue weighted by molar-refractivity contribution is 5.69. The number of likely N-dealkylation sites (N-methyl/N-ethyl adjacent to an activating group) is 1. The second-order valence-corrected chi connectivity index (χ2v) is 19.9. The van der Waals surface area contributed by atoms with Gasteiger partial charge in [0.05, 0.1) is 19.8 Å². The molecule has 7 nitrogen and oxygen atoms in total. The van der Waals surface area contributed by atoms with Crippen LogP contribution in [-0.2, 0) is 19.1 Å². The number of carbonyl (C=O) groups excluding carboxylic acids is 2. The normalized spacial score (nSPS) is 12.8. The van der Waals surface area contributed by atoms with E-state index in [1.165, 1.54) is 206 Å². The third-order valence-corrected chi connectivity index (χ3v) is 13.7. The van der Waals surface area contributed by atoms with Gasteiger partial charge in [-0.25, -0.2) is 0 Å². The summed E-state index contributed by atoms with van der Waals surface area (Å²) >= 11 is 0. The third-order valence-electron chi connectivity index (χ3n) is 13.7. The van der Waals surface area contributed by atoms with Crippen molar-refractivity contribution in [1.82, 2.24) is 9.80 Å². The predicted molar refractivity (Wildman–Crippen MR) is 273 cm³/mol. The van der Waals surface area contributed by atoms with Gasteiger partial charge < -0.3 is 24.4 Å². The van der Waals surface area contributed by atoms with Crippen molar-refractivity contribution in [2.24, 2.45) is 11.8 Å². The zero-order chi connectivity index (χ0) is 46.3. The standard InChI is InChI=1S/C56H112N2O5/c1-7-12-17-19-24-29-35-46-58(47-36-45-57(6)48-49-59)54(41-31-25-20-22-27-33-43-55(60)62-50-52(37-14-9-3)38-15-10-4)42-32-26-21-23-28-34-44-56(61)63-51-53(39-16-11-5)40-30-18-13-8-2/h52-54,59H,7-51H2,1-6H3. The minimum atomic E-state index is 0.00834. The van der Waals surface area contributed by atoms with Gasteiger partial charge in [-0.15, -0.1) is 0 Å². The van der Waals surface area contributed by atoms with Crippen LogP contribution in [0.1, 0.15) is 279 Å². The molecule has 2 unspecified atom stereocenters. The maximum atomic E-state index is 12.6. The minimum Gasteiger partial charge on any atom is -0.465 e. The molecule has 0 aromatic rings. The van der Waals surface area contributed by atoms with E-state index in [0.29, 0.717) is 43.9 Å². The van der Waals surface area contributed by atoms with Crippen LogP contribution in [0.25, 0.3) is 0 Å². The van der Waals surface area contributed by atoms with Crippen LogP contribution in [0.3, 0.4) is 0 Å². The zero-order valence-electron chi connectivity index (χ0n) is 43.5. The number of carbonyl (C=O) groups is 2. The Balaban J connectivity index is 4.95. The van der Waals surface area contributed by atoms with Crippen molar-refractivity contribution in [2.75, 3.05) is 53.0 Å². The maximum absolute atomic E-state index is 12.6. The average Bonchev–Trinajstić information content (AvgIpc) is 3.28. The highest BCUT2D eigenvalue weighted by atomic mass is 16.5. The van der Waals surface area contributed by atoms with Crippen molar-refractivity contribution in [1.29, 1.82) is 0 Å². The van der Waals surface area contributed by atoms with Gasteiger partial charge >= 0.3 is 11.9 Å². The van der Waals surface area contributed by atoms with E-state index in [0.717, 1.165) is 51.7 Å². The largest absolute Gasteiger partial charge is 0.465 e. The molecule has 0 spiro atoms. The maximum Gasteiger partial charge on any atom is 0.305 e. The Hall–Kier alpha value is -1.18. The van der Waals surface area contributed by atoms with Gasteiger partial charge in [-0.3, -0.25) is 9.59 Å². The van der Waals surface area contributed by atoms with Crippen LogP contribution in [0.2, 0.25) is 0 Å². The second-order valence-electron chi connectivity index (χ2n) is 19.9. The number of esters is 2. The first-order valence-corrected chi connectivity index (χ1v) is 28.2. The molecular formula is C56H112N2O5. The molecule has 63 heavy (non-hydrogen) atoms. The van der Waals surface area contributed by atoms with Gasteiger partial charge in [0, 0.05) is 25.4 Å². The number of hydrogen-bond donors (Lipinski definition) is 1. The van der Waals surface area contributed by atoms with Gasteiger partial charge in [0.2, 0.25) is 0 Å². The van der Waals surface area contributed by atoms with Gasteiger partial charge in [0.15, 0.2) is 0 Å². The molecule has 0 aliphatic rings. The lowest BCUT2D eigenvalue weighted by molar-refractivity contribution is -0.146. The molecule has 0 rings (SSSR count). The highest BCUT2D eigenvalue weighted by Crippen LogP contribution is 2.23. The number of unbranched alkanes of at least 4 members (excludes halogenated alkanes) is 22. The fourth-order valence-electron chi connectivity index (χ4n) is 9.32. The van der Waals surface area contributed by atoms with Crippen molar-refractivity contribution < 1.29 is 24.2 Å². The second kappa shape index (κ2) is 48.7. The van der Waals surface area contributed by atoms with Crippen LogP contribution in [0, 0.1) is 11.8 Å². The molecule has 0 saturated carbocycles. The zero-order valence-corrected chi connectivity index (χ0v) is 43.5. The molecule has 0 aromatic heterocycles. The molecule has 0 aliphatic carbocycles. The molecule has 0 saturated heterocycles.